The highest BCUT2D eigenvalue weighted by atomic mass is 35.5. The van der Waals surface area contributed by atoms with Crippen molar-refractivity contribution >= 4 is 23.4 Å². The summed E-state index contributed by atoms with van der Waals surface area (Å²) in [5, 5.41) is 3.94. The first-order valence-corrected chi connectivity index (χ1v) is 15.4. The molecular weight excluding hydrogens is 540 g/mol. The number of hydrogen-bond donors (Lipinski definition) is 1. The Hall–Kier alpha value is -3.89. The number of nitrogens with zero attached hydrogens (tertiary/aromatic N) is 1. The lowest BCUT2D eigenvalue weighted by molar-refractivity contribution is -0.141. The van der Waals surface area contributed by atoms with Gasteiger partial charge in [0.2, 0.25) is 11.8 Å². The number of nitrogens with one attached hydrogen (secondary N) is 1. The zero-order valence-electron chi connectivity index (χ0n) is 24.0. The third kappa shape index (κ3) is 8.10. The summed E-state index contributed by atoms with van der Waals surface area (Å²) < 4.78 is 0. The minimum atomic E-state index is -0.659. The average molecular weight is 579 g/mol. The predicted octanol–water partition coefficient (Wildman–Crippen LogP) is 7.95. The van der Waals surface area contributed by atoms with Crippen LogP contribution in [0.4, 0.5) is 0 Å². The van der Waals surface area contributed by atoms with E-state index < -0.39 is 6.04 Å². The molecule has 5 rings (SSSR count). The van der Waals surface area contributed by atoms with E-state index in [1.807, 2.05) is 91.0 Å². The van der Waals surface area contributed by atoms with E-state index >= 15 is 0 Å². The summed E-state index contributed by atoms with van der Waals surface area (Å²) >= 11 is 6.37. The zero-order chi connectivity index (χ0) is 29.1. The van der Waals surface area contributed by atoms with Crippen LogP contribution in [-0.2, 0) is 22.6 Å². The number of rotatable bonds is 11. The van der Waals surface area contributed by atoms with Crippen LogP contribution in [0.25, 0.3) is 0 Å². The van der Waals surface area contributed by atoms with Gasteiger partial charge < -0.3 is 10.2 Å². The second kappa shape index (κ2) is 14.8. The van der Waals surface area contributed by atoms with Crippen molar-refractivity contribution in [3.63, 3.8) is 0 Å². The van der Waals surface area contributed by atoms with Crippen LogP contribution in [-0.4, -0.2) is 28.8 Å². The molecule has 216 valence electrons. The third-order valence-electron chi connectivity index (χ3n) is 8.25. The highest BCUT2D eigenvalue weighted by Crippen LogP contribution is 2.30. The number of halogens is 1. The molecule has 0 aliphatic heterocycles. The monoisotopic (exact) mass is 578 g/mol. The predicted molar refractivity (Wildman–Crippen MR) is 170 cm³/mol. The van der Waals surface area contributed by atoms with Gasteiger partial charge in [-0.1, -0.05) is 134 Å². The third-order valence-corrected chi connectivity index (χ3v) is 8.48. The fourth-order valence-electron chi connectivity index (χ4n) is 6.02. The van der Waals surface area contributed by atoms with E-state index in [1.54, 1.807) is 4.90 Å². The fraction of sp³-hybridized carbons (Fsp3) is 0.297. The molecule has 0 saturated heterocycles. The molecule has 1 aliphatic carbocycles. The fourth-order valence-corrected chi connectivity index (χ4v) is 6.23. The first kappa shape index (κ1) is 29.6. The van der Waals surface area contributed by atoms with Crippen LogP contribution in [0.3, 0.4) is 0 Å². The Kier molecular flexibility index (Phi) is 10.5. The number of hydrogen-bond acceptors (Lipinski definition) is 2. The molecule has 0 spiro atoms. The van der Waals surface area contributed by atoms with Crippen molar-refractivity contribution in [3.8, 4) is 0 Å². The summed E-state index contributed by atoms with van der Waals surface area (Å²) in [7, 11) is 0. The maximum Gasteiger partial charge on any atom is 0.243 e. The van der Waals surface area contributed by atoms with Crippen LogP contribution in [0, 0.1) is 0 Å². The Labute approximate surface area is 254 Å². The largest absolute Gasteiger partial charge is 0.352 e. The summed E-state index contributed by atoms with van der Waals surface area (Å²) in [6.45, 7) is 0.297. The summed E-state index contributed by atoms with van der Waals surface area (Å²) in [5.41, 5.74) is 4.07. The maximum absolute atomic E-state index is 14.5. The molecule has 1 atom stereocenters. The zero-order valence-corrected chi connectivity index (χ0v) is 24.8. The van der Waals surface area contributed by atoms with Crippen molar-refractivity contribution in [1.82, 2.24) is 10.2 Å². The van der Waals surface area contributed by atoms with E-state index in [0.29, 0.717) is 18.0 Å². The van der Waals surface area contributed by atoms with Gasteiger partial charge in [-0.05, 0) is 47.2 Å². The van der Waals surface area contributed by atoms with Gasteiger partial charge >= 0.3 is 0 Å². The molecule has 4 nitrogen and oxygen atoms in total. The van der Waals surface area contributed by atoms with Crippen LogP contribution in [0.5, 0.6) is 0 Å². The first-order chi connectivity index (χ1) is 20.6. The van der Waals surface area contributed by atoms with Crippen molar-refractivity contribution in [2.24, 2.45) is 0 Å². The van der Waals surface area contributed by atoms with Gasteiger partial charge in [-0.3, -0.25) is 9.59 Å². The first-order valence-electron chi connectivity index (χ1n) is 15.0. The molecule has 0 bridgehead atoms. The molecule has 4 aromatic rings. The number of carbonyl (C=O) groups is 2. The number of carbonyl (C=O) groups excluding carboxylic acids is 2. The topological polar surface area (TPSA) is 49.4 Å². The normalized spacial score (nSPS) is 14.3. The standard InChI is InChI=1S/C37H39ClN2O2/c38-32-21-13-16-29(24-32)27-40(36(41)26-34(30-17-7-2-8-18-30)31-19-9-3-10-20-31)35(25-28-14-5-1-6-15-28)37(42)39-33-22-11-4-12-23-33/h1-3,5-10,13-21,24,33-35H,4,11-12,22-23,25-27H2,(H,39,42)/t35-/m1/s1. The Morgan fingerprint density at radius 2 is 1.31 bits per heavy atom. The van der Waals surface area contributed by atoms with E-state index in [-0.39, 0.29) is 30.2 Å². The van der Waals surface area contributed by atoms with Crippen LogP contribution in [0.15, 0.2) is 115 Å². The van der Waals surface area contributed by atoms with E-state index in [4.69, 9.17) is 11.6 Å². The average Bonchev–Trinajstić information content (AvgIpc) is 3.03. The van der Waals surface area contributed by atoms with E-state index in [1.165, 1.54) is 6.42 Å². The van der Waals surface area contributed by atoms with Gasteiger partial charge in [-0.25, -0.2) is 0 Å². The summed E-state index contributed by atoms with van der Waals surface area (Å²) in [6, 6.07) is 37.4. The Bertz CT molecular complexity index is 1380. The van der Waals surface area contributed by atoms with Gasteiger partial charge in [-0.2, -0.15) is 0 Å². The van der Waals surface area contributed by atoms with Gasteiger partial charge in [0.25, 0.3) is 0 Å². The minimum Gasteiger partial charge on any atom is -0.352 e. The van der Waals surface area contributed by atoms with Crippen molar-refractivity contribution in [2.45, 2.75) is 69.5 Å². The molecule has 5 heteroatoms. The van der Waals surface area contributed by atoms with E-state index in [2.05, 4.69) is 29.6 Å². The lowest BCUT2D eigenvalue weighted by Crippen LogP contribution is -2.53. The molecule has 4 aromatic carbocycles. The molecule has 0 heterocycles. The lowest BCUT2D eigenvalue weighted by Gasteiger charge is -2.34. The smallest absolute Gasteiger partial charge is 0.243 e. The van der Waals surface area contributed by atoms with Crippen molar-refractivity contribution in [3.05, 3.63) is 143 Å². The summed E-state index contributed by atoms with van der Waals surface area (Å²) in [4.78, 5) is 30.4. The molecule has 0 radical (unpaired) electrons. The van der Waals surface area contributed by atoms with Crippen LogP contribution < -0.4 is 5.32 Å². The maximum atomic E-state index is 14.5. The molecule has 1 saturated carbocycles. The van der Waals surface area contributed by atoms with Crippen LogP contribution >= 0.6 is 11.6 Å². The molecule has 1 N–H and O–H groups in total. The molecular formula is C37H39ClN2O2. The lowest BCUT2D eigenvalue weighted by atomic mass is 9.87. The highest BCUT2D eigenvalue weighted by molar-refractivity contribution is 6.30. The SMILES string of the molecule is O=C(NC1CCCCC1)[C@@H](Cc1ccccc1)N(Cc1cccc(Cl)c1)C(=O)CC(c1ccccc1)c1ccccc1. The Morgan fingerprint density at radius 3 is 1.90 bits per heavy atom. The van der Waals surface area contributed by atoms with Crippen LogP contribution in [0.2, 0.25) is 5.02 Å². The Balaban J connectivity index is 1.51. The summed E-state index contributed by atoms with van der Waals surface area (Å²) in [6.07, 6.45) is 6.10. The second-order valence-corrected chi connectivity index (χ2v) is 11.7. The van der Waals surface area contributed by atoms with Gasteiger partial charge in [-0.15, -0.1) is 0 Å². The molecule has 1 fully saturated rings. The van der Waals surface area contributed by atoms with Crippen molar-refractivity contribution < 1.29 is 9.59 Å². The summed E-state index contributed by atoms with van der Waals surface area (Å²) in [5.74, 6) is -0.287. The number of benzene rings is 4. The molecule has 1 aliphatic rings. The second-order valence-electron chi connectivity index (χ2n) is 11.3. The molecule has 0 aromatic heterocycles. The van der Waals surface area contributed by atoms with Crippen molar-refractivity contribution in [2.75, 3.05) is 0 Å². The molecule has 42 heavy (non-hydrogen) atoms. The number of amides is 2. The van der Waals surface area contributed by atoms with Crippen LogP contribution in [0.1, 0.15) is 66.7 Å². The molecule has 0 unspecified atom stereocenters. The van der Waals surface area contributed by atoms with Crippen molar-refractivity contribution in [1.29, 1.82) is 0 Å². The van der Waals surface area contributed by atoms with Gasteiger partial charge in [0.15, 0.2) is 0 Å². The van der Waals surface area contributed by atoms with Gasteiger partial charge in [0, 0.05) is 36.4 Å². The highest BCUT2D eigenvalue weighted by Gasteiger charge is 2.33. The quantitative estimate of drug-likeness (QED) is 0.196. The van der Waals surface area contributed by atoms with E-state index in [9.17, 15) is 9.59 Å². The van der Waals surface area contributed by atoms with Gasteiger partial charge in [0.05, 0.1) is 0 Å². The molecule has 2 amide bonds. The minimum absolute atomic E-state index is 0.0626. The Morgan fingerprint density at radius 1 is 0.738 bits per heavy atom. The van der Waals surface area contributed by atoms with Gasteiger partial charge in [0.1, 0.15) is 6.04 Å². The van der Waals surface area contributed by atoms with E-state index in [0.717, 1.165) is 47.9 Å².